The molecule has 0 heterocycles. The van der Waals surface area contributed by atoms with Gasteiger partial charge in [0.1, 0.15) is 0 Å². The molecule has 0 bridgehead atoms. The normalized spacial score (nSPS) is 13.2. The van der Waals surface area contributed by atoms with Gasteiger partial charge < -0.3 is 0 Å². The second-order valence-corrected chi connectivity index (χ2v) is 6.31. The summed E-state index contributed by atoms with van der Waals surface area (Å²) < 4.78 is 0.853. The largest absolute Gasteiger partial charge is 0.148 e. The van der Waals surface area contributed by atoms with Crippen LogP contribution in [-0.2, 0) is 0 Å². The summed E-state index contributed by atoms with van der Waals surface area (Å²) >= 11 is 4.26. The van der Waals surface area contributed by atoms with Gasteiger partial charge in [0.15, 0.2) is 0 Å². The first-order valence-electron chi connectivity index (χ1n) is 5.58. The van der Waals surface area contributed by atoms with Crippen LogP contribution in [0.15, 0.2) is 0 Å². The maximum absolute atomic E-state index is 2.30. The van der Waals surface area contributed by atoms with Crippen molar-refractivity contribution in [3.63, 3.8) is 0 Å². The van der Waals surface area contributed by atoms with E-state index in [1.54, 1.807) is 0 Å². The maximum atomic E-state index is 2.30. The zero-order chi connectivity index (χ0) is 9.94. The Bertz CT molecular complexity index is 94.1. The lowest BCUT2D eigenvalue weighted by Gasteiger charge is -2.12. The number of hydrogen-bond acceptors (Lipinski definition) is 2. The SMILES string of the molecule is CCCCCCSC(CC)SCC. The summed E-state index contributed by atoms with van der Waals surface area (Å²) in [6, 6.07) is 0. The summed E-state index contributed by atoms with van der Waals surface area (Å²) in [6.45, 7) is 6.83. The van der Waals surface area contributed by atoms with Crippen LogP contribution in [0.25, 0.3) is 0 Å². The molecule has 0 nitrogen and oxygen atoms in total. The summed E-state index contributed by atoms with van der Waals surface area (Å²) in [7, 11) is 0. The number of rotatable bonds is 9. The Labute approximate surface area is 92.6 Å². The average Bonchev–Trinajstić information content (AvgIpc) is 2.16. The van der Waals surface area contributed by atoms with Crippen LogP contribution in [0.4, 0.5) is 0 Å². The Morgan fingerprint density at radius 2 is 1.69 bits per heavy atom. The summed E-state index contributed by atoms with van der Waals surface area (Å²) in [5.41, 5.74) is 0. The van der Waals surface area contributed by atoms with Crippen molar-refractivity contribution in [1.82, 2.24) is 0 Å². The molecule has 0 rings (SSSR count). The van der Waals surface area contributed by atoms with Gasteiger partial charge in [-0.3, -0.25) is 0 Å². The summed E-state index contributed by atoms with van der Waals surface area (Å²) in [5.74, 6) is 2.63. The number of hydrogen-bond donors (Lipinski definition) is 0. The second-order valence-electron chi connectivity index (χ2n) is 3.22. The van der Waals surface area contributed by atoms with Crippen molar-refractivity contribution < 1.29 is 0 Å². The minimum absolute atomic E-state index is 0.853. The topological polar surface area (TPSA) is 0 Å². The van der Waals surface area contributed by atoms with E-state index in [9.17, 15) is 0 Å². The standard InChI is InChI=1S/C11H24S2/c1-4-7-8-9-10-13-11(5-2)12-6-3/h11H,4-10H2,1-3H3. The number of unbranched alkanes of at least 4 members (excludes halogenated alkanes) is 3. The predicted octanol–water partition coefficient (Wildman–Crippen LogP) is 4.79. The van der Waals surface area contributed by atoms with Gasteiger partial charge in [-0.25, -0.2) is 0 Å². The van der Waals surface area contributed by atoms with Gasteiger partial charge >= 0.3 is 0 Å². The van der Waals surface area contributed by atoms with Gasteiger partial charge in [0.25, 0.3) is 0 Å². The molecule has 0 aliphatic carbocycles. The molecule has 0 aromatic rings. The fourth-order valence-corrected chi connectivity index (χ4v) is 3.77. The van der Waals surface area contributed by atoms with E-state index in [1.807, 2.05) is 0 Å². The van der Waals surface area contributed by atoms with E-state index >= 15 is 0 Å². The predicted molar refractivity (Wildman–Crippen MR) is 68.8 cm³/mol. The molecule has 0 aromatic heterocycles. The lowest BCUT2D eigenvalue weighted by Crippen LogP contribution is -1.96. The molecule has 0 N–H and O–H groups in total. The van der Waals surface area contributed by atoms with Crippen molar-refractivity contribution in [2.24, 2.45) is 0 Å². The third-order valence-corrected chi connectivity index (χ3v) is 5.07. The molecular formula is C11H24S2. The molecule has 0 radical (unpaired) electrons. The highest BCUT2D eigenvalue weighted by atomic mass is 32.2. The maximum Gasteiger partial charge on any atom is 0.0499 e. The van der Waals surface area contributed by atoms with E-state index in [2.05, 4.69) is 44.3 Å². The highest BCUT2D eigenvalue weighted by Gasteiger charge is 2.04. The average molecular weight is 220 g/mol. The lowest BCUT2D eigenvalue weighted by atomic mass is 10.2. The first-order valence-corrected chi connectivity index (χ1v) is 7.68. The molecule has 0 spiro atoms. The van der Waals surface area contributed by atoms with Crippen LogP contribution in [0, 0.1) is 0 Å². The Kier molecular flexibility index (Phi) is 11.4. The van der Waals surface area contributed by atoms with Gasteiger partial charge in [-0.05, 0) is 24.3 Å². The van der Waals surface area contributed by atoms with Crippen molar-refractivity contribution in [3.05, 3.63) is 0 Å². The highest BCUT2D eigenvalue weighted by Crippen LogP contribution is 2.27. The van der Waals surface area contributed by atoms with Crippen molar-refractivity contribution in [2.45, 2.75) is 57.5 Å². The lowest BCUT2D eigenvalue weighted by molar-refractivity contribution is 0.706. The molecule has 0 saturated carbocycles. The highest BCUT2D eigenvalue weighted by molar-refractivity contribution is 8.16. The van der Waals surface area contributed by atoms with E-state index in [-0.39, 0.29) is 0 Å². The van der Waals surface area contributed by atoms with Crippen molar-refractivity contribution in [3.8, 4) is 0 Å². The van der Waals surface area contributed by atoms with Crippen molar-refractivity contribution >= 4 is 23.5 Å². The van der Waals surface area contributed by atoms with Crippen LogP contribution in [-0.4, -0.2) is 16.1 Å². The van der Waals surface area contributed by atoms with Gasteiger partial charge in [0.2, 0.25) is 0 Å². The second kappa shape index (κ2) is 10.8. The smallest absolute Gasteiger partial charge is 0.0499 e. The molecule has 1 atom stereocenters. The van der Waals surface area contributed by atoms with E-state index in [4.69, 9.17) is 0 Å². The van der Waals surface area contributed by atoms with Gasteiger partial charge in [0.05, 0.1) is 0 Å². The Balaban J connectivity index is 3.17. The zero-order valence-electron chi connectivity index (χ0n) is 9.34. The van der Waals surface area contributed by atoms with Crippen molar-refractivity contribution in [1.29, 1.82) is 0 Å². The first-order chi connectivity index (χ1) is 6.35. The van der Waals surface area contributed by atoms with Crippen LogP contribution in [0.3, 0.4) is 0 Å². The molecule has 0 aliphatic rings. The molecule has 0 fully saturated rings. The van der Waals surface area contributed by atoms with Crippen LogP contribution < -0.4 is 0 Å². The molecule has 0 aliphatic heterocycles. The molecule has 0 saturated heterocycles. The zero-order valence-corrected chi connectivity index (χ0v) is 11.0. The van der Waals surface area contributed by atoms with Crippen LogP contribution in [0.5, 0.6) is 0 Å². The molecule has 2 heteroatoms. The molecule has 13 heavy (non-hydrogen) atoms. The van der Waals surface area contributed by atoms with Crippen LogP contribution >= 0.6 is 23.5 Å². The molecule has 80 valence electrons. The Hall–Kier alpha value is 0.700. The van der Waals surface area contributed by atoms with E-state index in [0.29, 0.717) is 0 Å². The molecule has 0 amide bonds. The summed E-state index contributed by atoms with van der Waals surface area (Å²) in [5, 5.41) is 0. The van der Waals surface area contributed by atoms with E-state index in [0.717, 1.165) is 4.58 Å². The monoisotopic (exact) mass is 220 g/mol. The Morgan fingerprint density at radius 3 is 2.23 bits per heavy atom. The minimum Gasteiger partial charge on any atom is -0.148 e. The first kappa shape index (κ1) is 13.7. The van der Waals surface area contributed by atoms with E-state index < -0.39 is 0 Å². The fourth-order valence-electron chi connectivity index (χ4n) is 1.21. The summed E-state index contributed by atoms with van der Waals surface area (Å²) in [6.07, 6.45) is 6.93. The molecular weight excluding hydrogens is 196 g/mol. The summed E-state index contributed by atoms with van der Waals surface area (Å²) in [4.78, 5) is 0. The van der Waals surface area contributed by atoms with Crippen molar-refractivity contribution in [2.75, 3.05) is 11.5 Å². The van der Waals surface area contributed by atoms with E-state index in [1.165, 1.54) is 43.6 Å². The minimum atomic E-state index is 0.853. The fraction of sp³-hybridized carbons (Fsp3) is 1.00. The molecule has 1 unspecified atom stereocenters. The van der Waals surface area contributed by atoms with Crippen LogP contribution in [0.2, 0.25) is 0 Å². The van der Waals surface area contributed by atoms with Gasteiger partial charge in [-0.15, -0.1) is 23.5 Å². The van der Waals surface area contributed by atoms with Gasteiger partial charge in [-0.2, -0.15) is 0 Å². The third-order valence-electron chi connectivity index (χ3n) is 1.99. The van der Waals surface area contributed by atoms with Gasteiger partial charge in [0, 0.05) is 4.58 Å². The quantitative estimate of drug-likeness (QED) is 0.405. The Morgan fingerprint density at radius 1 is 0.923 bits per heavy atom. The van der Waals surface area contributed by atoms with Gasteiger partial charge in [-0.1, -0.05) is 40.0 Å². The van der Waals surface area contributed by atoms with Crippen LogP contribution in [0.1, 0.15) is 52.9 Å². The third kappa shape index (κ3) is 9.01. The number of thioether (sulfide) groups is 2. The molecule has 0 aromatic carbocycles.